The molecule has 0 saturated heterocycles. The highest BCUT2D eigenvalue weighted by Crippen LogP contribution is 2.46. The van der Waals surface area contributed by atoms with Gasteiger partial charge in [-0.25, -0.2) is 14.2 Å². The normalized spacial score (nSPS) is 23.3. The summed E-state index contributed by atoms with van der Waals surface area (Å²) < 4.78 is 21.8. The maximum atomic E-state index is 15.0. The molecule has 1 amide bonds. The number of pyridine rings is 2. The number of aryl methyl sites for hydroxylation is 1. The highest BCUT2D eigenvalue weighted by molar-refractivity contribution is 5.94. The largest absolute Gasteiger partial charge is 0.458 e. The Morgan fingerprint density at radius 2 is 2.02 bits per heavy atom. The number of cyclic esters (lactones) is 1. The molecule has 2 aliphatic heterocycles. The van der Waals surface area contributed by atoms with Gasteiger partial charge in [0.05, 0.1) is 35.1 Å². The Morgan fingerprint density at radius 3 is 2.75 bits per heavy atom. The first kappa shape index (κ1) is 25.3. The lowest BCUT2D eigenvalue weighted by atomic mass is 9.81. The zero-order valence-corrected chi connectivity index (χ0v) is 22.3. The molecule has 3 N–H and O–H groups in total. The van der Waals surface area contributed by atoms with Crippen LogP contribution in [-0.4, -0.2) is 37.7 Å². The van der Waals surface area contributed by atoms with Crippen LogP contribution in [0.5, 0.6) is 0 Å². The molecule has 1 fully saturated rings. The molecule has 0 spiro atoms. The van der Waals surface area contributed by atoms with Gasteiger partial charge in [-0.15, -0.1) is 0 Å². The molecule has 1 unspecified atom stereocenters. The van der Waals surface area contributed by atoms with Crippen molar-refractivity contribution in [1.29, 1.82) is 0 Å². The van der Waals surface area contributed by atoms with Crippen molar-refractivity contribution in [2.45, 2.75) is 83.3 Å². The van der Waals surface area contributed by atoms with Gasteiger partial charge in [0.2, 0.25) is 5.91 Å². The summed E-state index contributed by atoms with van der Waals surface area (Å²) in [4.78, 5) is 44.1. The van der Waals surface area contributed by atoms with E-state index >= 15 is 4.39 Å². The van der Waals surface area contributed by atoms with E-state index in [9.17, 15) is 24.6 Å². The maximum absolute atomic E-state index is 15.0. The number of carbonyl (C=O) groups is 2. The second-order valence-corrected chi connectivity index (χ2v) is 11.6. The molecule has 1 aromatic carbocycles. The first-order valence-corrected chi connectivity index (χ1v) is 13.9. The fraction of sp³-hybridized carbons (Fsp3) is 0.467. The Morgan fingerprint density at radius 1 is 1.25 bits per heavy atom. The average molecular weight is 548 g/mol. The van der Waals surface area contributed by atoms with Crippen LogP contribution in [0.4, 0.5) is 4.39 Å². The molecular weight excluding hydrogens is 517 g/mol. The number of hydrogen-bond donors (Lipinski definition) is 3. The number of halogens is 1. The molecule has 2 aromatic heterocycles. The lowest BCUT2D eigenvalue weighted by Crippen LogP contribution is -2.44. The van der Waals surface area contributed by atoms with Crippen LogP contribution in [0.2, 0.25) is 0 Å². The molecule has 3 aromatic rings. The topological polar surface area (TPSA) is 131 Å². The fourth-order valence-electron chi connectivity index (χ4n) is 6.74. The van der Waals surface area contributed by atoms with Gasteiger partial charge < -0.3 is 24.8 Å². The summed E-state index contributed by atoms with van der Waals surface area (Å²) in [5.41, 5.74) is 2.22. The number of nitrogens with one attached hydrogen (secondary N) is 1. The Bertz CT molecular complexity index is 1710. The van der Waals surface area contributed by atoms with Gasteiger partial charge in [-0.3, -0.25) is 9.59 Å². The summed E-state index contributed by atoms with van der Waals surface area (Å²) in [6, 6.07) is 2.54. The smallest absolute Gasteiger partial charge is 0.343 e. The highest BCUT2D eigenvalue weighted by Gasteiger charge is 2.46. The van der Waals surface area contributed by atoms with Crippen LogP contribution < -0.4 is 10.9 Å². The van der Waals surface area contributed by atoms with E-state index in [0.29, 0.717) is 47.6 Å². The molecule has 0 radical (unpaired) electrons. The number of ether oxygens (including phenoxy) is 1. The van der Waals surface area contributed by atoms with Gasteiger partial charge in [-0.1, -0.05) is 19.8 Å². The molecule has 10 heteroatoms. The Balaban J connectivity index is 1.42. The number of benzene rings is 1. The summed E-state index contributed by atoms with van der Waals surface area (Å²) in [6.07, 6.45) is 2.42. The molecule has 1 saturated carbocycles. The predicted octanol–water partition coefficient (Wildman–Crippen LogP) is 2.79. The Labute approximate surface area is 229 Å². The van der Waals surface area contributed by atoms with E-state index in [1.54, 1.807) is 24.5 Å². The van der Waals surface area contributed by atoms with E-state index in [4.69, 9.17) is 9.72 Å². The van der Waals surface area contributed by atoms with Crippen molar-refractivity contribution in [2.75, 3.05) is 0 Å². The second kappa shape index (κ2) is 8.68. The standard InChI is InChI=1S/C30H30FN3O6/c1-3-30(39)18-9-22-26-16(11-34(22)28(37)17(18)12-40-29(30)38)25-20(33-27(36)23(35)8-14-4-5-14)7-6-15-13(2)19(31)10-21(32-26)24(15)25/h9-10,14,20,23,35,39H,3-8,11-12H2,1-2H3,(H,33,36)/t20-,23?,30-/m0/s1. The third-order valence-corrected chi connectivity index (χ3v) is 9.25. The molecule has 0 bridgehead atoms. The minimum Gasteiger partial charge on any atom is -0.458 e. The predicted molar refractivity (Wildman–Crippen MR) is 142 cm³/mol. The summed E-state index contributed by atoms with van der Waals surface area (Å²) in [5.74, 6) is -1.25. The van der Waals surface area contributed by atoms with Gasteiger partial charge in [0.15, 0.2) is 5.60 Å². The monoisotopic (exact) mass is 547 g/mol. The number of hydrogen-bond acceptors (Lipinski definition) is 7. The lowest BCUT2D eigenvalue weighted by molar-refractivity contribution is -0.172. The minimum absolute atomic E-state index is 0.0239. The summed E-state index contributed by atoms with van der Waals surface area (Å²) in [7, 11) is 0. The summed E-state index contributed by atoms with van der Waals surface area (Å²) >= 11 is 0. The first-order valence-electron chi connectivity index (χ1n) is 13.9. The van der Waals surface area contributed by atoms with Gasteiger partial charge >= 0.3 is 5.97 Å². The number of nitrogens with zero attached hydrogens (tertiary/aromatic N) is 2. The fourth-order valence-corrected chi connectivity index (χ4v) is 6.74. The maximum Gasteiger partial charge on any atom is 0.343 e. The van der Waals surface area contributed by atoms with Gasteiger partial charge in [-0.2, -0.15) is 0 Å². The van der Waals surface area contributed by atoms with Crippen molar-refractivity contribution >= 4 is 22.8 Å². The van der Waals surface area contributed by atoms with Crippen molar-refractivity contribution in [3.8, 4) is 11.4 Å². The van der Waals surface area contributed by atoms with Gasteiger partial charge in [0.1, 0.15) is 18.5 Å². The quantitative estimate of drug-likeness (QED) is 0.328. The van der Waals surface area contributed by atoms with E-state index in [0.717, 1.165) is 34.9 Å². The van der Waals surface area contributed by atoms with E-state index in [-0.39, 0.29) is 42.1 Å². The van der Waals surface area contributed by atoms with Crippen molar-refractivity contribution in [3.63, 3.8) is 0 Å². The molecular formula is C30H30FN3O6. The van der Waals surface area contributed by atoms with Crippen LogP contribution in [0.15, 0.2) is 16.9 Å². The number of amides is 1. The lowest BCUT2D eigenvalue weighted by Gasteiger charge is -2.31. The van der Waals surface area contributed by atoms with E-state index in [1.165, 1.54) is 6.07 Å². The molecule has 208 valence electrons. The van der Waals surface area contributed by atoms with Gasteiger partial charge in [0.25, 0.3) is 5.56 Å². The second-order valence-electron chi connectivity index (χ2n) is 11.6. The van der Waals surface area contributed by atoms with Crippen LogP contribution >= 0.6 is 0 Å². The van der Waals surface area contributed by atoms with E-state index in [1.807, 2.05) is 0 Å². The molecule has 2 aliphatic carbocycles. The number of rotatable bonds is 5. The molecule has 7 rings (SSSR count). The number of esters is 1. The van der Waals surface area contributed by atoms with Crippen molar-refractivity contribution in [2.24, 2.45) is 5.92 Å². The average Bonchev–Trinajstić information content (AvgIpc) is 3.68. The van der Waals surface area contributed by atoms with E-state index in [2.05, 4.69) is 5.32 Å². The van der Waals surface area contributed by atoms with Crippen LogP contribution in [-0.2, 0) is 39.5 Å². The molecule has 4 aliphatic rings. The zero-order chi connectivity index (χ0) is 28.1. The highest BCUT2D eigenvalue weighted by atomic mass is 19.1. The molecule has 4 heterocycles. The van der Waals surface area contributed by atoms with Crippen LogP contribution in [0.3, 0.4) is 0 Å². The summed E-state index contributed by atoms with van der Waals surface area (Å²) in [5, 5.41) is 25.5. The summed E-state index contributed by atoms with van der Waals surface area (Å²) in [6.45, 7) is 3.30. The third kappa shape index (κ3) is 3.51. The van der Waals surface area contributed by atoms with E-state index < -0.39 is 29.6 Å². The third-order valence-electron chi connectivity index (χ3n) is 9.25. The molecule has 40 heavy (non-hydrogen) atoms. The number of fused-ring (bicyclic) bond motifs is 5. The number of aromatic nitrogens is 2. The van der Waals surface area contributed by atoms with Gasteiger partial charge in [0, 0.05) is 22.6 Å². The SMILES string of the molecule is CC[C@@]1(O)C(=O)OCc2c1cc1n(c2=O)Cc2c-1nc1cc(F)c(C)c3c1c2[C@@H](NC(=O)C(O)CC1CC1)CC3. The molecule has 9 nitrogen and oxygen atoms in total. The zero-order valence-electron chi connectivity index (χ0n) is 22.3. The minimum atomic E-state index is -1.96. The van der Waals surface area contributed by atoms with Crippen molar-refractivity contribution in [1.82, 2.24) is 14.9 Å². The van der Waals surface area contributed by atoms with Crippen LogP contribution in [0.25, 0.3) is 22.3 Å². The Hall–Kier alpha value is -3.63. The Kier molecular flexibility index (Phi) is 5.50. The number of aliphatic hydroxyl groups excluding tert-OH is 1. The van der Waals surface area contributed by atoms with Crippen molar-refractivity contribution in [3.05, 3.63) is 61.7 Å². The number of carbonyl (C=O) groups excluding carboxylic acids is 2. The number of aliphatic hydroxyl groups is 2. The van der Waals surface area contributed by atoms with Gasteiger partial charge in [-0.05, 0) is 61.3 Å². The van der Waals surface area contributed by atoms with Crippen LogP contribution in [0.1, 0.15) is 78.5 Å². The first-order chi connectivity index (χ1) is 19.1. The van der Waals surface area contributed by atoms with Crippen molar-refractivity contribution < 1.29 is 28.9 Å². The van der Waals surface area contributed by atoms with Crippen LogP contribution in [0, 0.1) is 18.7 Å². The molecule has 3 atom stereocenters.